The molecule has 0 bridgehead atoms. The highest BCUT2D eigenvalue weighted by Crippen LogP contribution is 2.33. The molecule has 0 aliphatic heterocycles. The predicted molar refractivity (Wildman–Crippen MR) is 109 cm³/mol. The second-order valence-corrected chi connectivity index (χ2v) is 8.83. The maximum absolute atomic E-state index is 13.0. The Labute approximate surface area is 173 Å². The molecule has 0 fully saturated rings. The zero-order valence-electron chi connectivity index (χ0n) is 16.9. The summed E-state index contributed by atoms with van der Waals surface area (Å²) in [4.78, 5) is 12.7. The quantitative estimate of drug-likeness (QED) is 0.692. The van der Waals surface area contributed by atoms with Gasteiger partial charge in [0.15, 0.2) is 0 Å². The predicted octanol–water partition coefficient (Wildman–Crippen LogP) is 4.29. The van der Waals surface area contributed by atoms with Gasteiger partial charge in [-0.05, 0) is 51.1 Å². The number of alkyl halides is 3. The van der Waals surface area contributed by atoms with Crippen molar-refractivity contribution in [1.82, 2.24) is 0 Å². The highest BCUT2D eigenvalue weighted by molar-refractivity contribution is 7.92. The van der Waals surface area contributed by atoms with Gasteiger partial charge in [0.2, 0.25) is 15.9 Å². The number of hydrogen-bond donors (Lipinski definition) is 1. The fraction of sp³-hybridized carbons (Fsp3) is 0.350. The van der Waals surface area contributed by atoms with E-state index in [2.05, 4.69) is 5.32 Å². The van der Waals surface area contributed by atoms with Crippen LogP contribution < -0.4 is 14.4 Å². The molecule has 2 aromatic rings. The van der Waals surface area contributed by atoms with Crippen LogP contribution in [0.1, 0.15) is 26.3 Å². The van der Waals surface area contributed by atoms with Crippen molar-refractivity contribution in [3.05, 3.63) is 54.1 Å². The highest BCUT2D eigenvalue weighted by atomic mass is 32.2. The molecule has 0 unspecified atom stereocenters. The normalized spacial score (nSPS) is 13.1. The fourth-order valence-electron chi connectivity index (χ4n) is 2.79. The molecular formula is C20H23F3N2O4S. The van der Waals surface area contributed by atoms with Gasteiger partial charge in [-0.3, -0.25) is 9.10 Å². The summed E-state index contributed by atoms with van der Waals surface area (Å²) in [6.07, 6.45) is -3.91. The maximum atomic E-state index is 13.0. The minimum atomic E-state index is -4.65. The van der Waals surface area contributed by atoms with Gasteiger partial charge in [-0.2, -0.15) is 13.2 Å². The number of carbonyl (C=O) groups excluding carboxylic acids is 1. The standard InChI is InChI=1S/C20H23F3N2O4S/c1-13(2)29-18-10-6-8-16(12-18)24-19(26)14(3)25(30(4,27)28)17-9-5-7-15(11-17)20(21,22)23/h5-14H,1-4H3,(H,24,26)/t14-/m0/s1. The third kappa shape index (κ3) is 6.12. The van der Waals surface area contributed by atoms with E-state index in [1.807, 2.05) is 13.8 Å². The minimum Gasteiger partial charge on any atom is -0.491 e. The topological polar surface area (TPSA) is 75.7 Å². The third-order valence-electron chi connectivity index (χ3n) is 3.99. The van der Waals surface area contributed by atoms with Gasteiger partial charge in [0.05, 0.1) is 23.6 Å². The van der Waals surface area contributed by atoms with Gasteiger partial charge < -0.3 is 10.1 Å². The number of nitrogens with zero attached hydrogens (tertiary/aromatic N) is 1. The van der Waals surface area contributed by atoms with Gasteiger partial charge >= 0.3 is 6.18 Å². The SMILES string of the molecule is CC(C)Oc1cccc(NC(=O)[C@H](C)N(c2cccc(C(F)(F)F)c2)S(C)(=O)=O)c1. The Morgan fingerprint density at radius 3 is 2.27 bits per heavy atom. The molecule has 0 aliphatic rings. The largest absolute Gasteiger partial charge is 0.491 e. The van der Waals surface area contributed by atoms with E-state index in [0.717, 1.165) is 18.4 Å². The molecule has 0 radical (unpaired) electrons. The fourth-order valence-corrected chi connectivity index (χ4v) is 3.96. The lowest BCUT2D eigenvalue weighted by molar-refractivity contribution is -0.137. The van der Waals surface area contributed by atoms with Crippen molar-refractivity contribution in [1.29, 1.82) is 0 Å². The van der Waals surface area contributed by atoms with Crippen molar-refractivity contribution in [3.8, 4) is 5.75 Å². The van der Waals surface area contributed by atoms with Crippen molar-refractivity contribution in [2.24, 2.45) is 0 Å². The second-order valence-electron chi connectivity index (χ2n) is 6.97. The molecule has 6 nitrogen and oxygen atoms in total. The molecule has 1 amide bonds. The molecule has 1 N–H and O–H groups in total. The number of anilines is 2. The first-order valence-electron chi connectivity index (χ1n) is 9.03. The van der Waals surface area contributed by atoms with Gasteiger partial charge in [0.1, 0.15) is 11.8 Å². The third-order valence-corrected chi connectivity index (χ3v) is 5.23. The van der Waals surface area contributed by atoms with Crippen LogP contribution in [0, 0.1) is 0 Å². The smallest absolute Gasteiger partial charge is 0.416 e. The van der Waals surface area contributed by atoms with E-state index in [9.17, 15) is 26.4 Å². The summed E-state index contributed by atoms with van der Waals surface area (Å²) >= 11 is 0. The van der Waals surface area contributed by atoms with Crippen molar-refractivity contribution in [2.45, 2.75) is 39.1 Å². The molecule has 2 rings (SSSR count). The Kier molecular flexibility index (Phi) is 7.02. The Morgan fingerprint density at radius 1 is 1.07 bits per heavy atom. The molecule has 2 aromatic carbocycles. The molecule has 0 aliphatic carbocycles. The number of hydrogen-bond acceptors (Lipinski definition) is 4. The van der Waals surface area contributed by atoms with Crippen molar-refractivity contribution < 1.29 is 31.1 Å². The van der Waals surface area contributed by atoms with Gasteiger partial charge in [-0.1, -0.05) is 12.1 Å². The molecule has 1 atom stereocenters. The van der Waals surface area contributed by atoms with E-state index in [4.69, 9.17) is 4.74 Å². The van der Waals surface area contributed by atoms with Crippen LogP contribution in [0.2, 0.25) is 0 Å². The molecule has 164 valence electrons. The summed E-state index contributed by atoms with van der Waals surface area (Å²) in [6, 6.07) is 9.02. The first-order chi connectivity index (χ1) is 13.8. The number of sulfonamides is 1. The van der Waals surface area contributed by atoms with Crippen LogP contribution in [-0.4, -0.2) is 32.7 Å². The summed E-state index contributed by atoms with van der Waals surface area (Å²) in [5, 5.41) is 2.58. The number of benzene rings is 2. The monoisotopic (exact) mass is 444 g/mol. The average molecular weight is 444 g/mol. The summed E-state index contributed by atoms with van der Waals surface area (Å²) in [6.45, 7) is 4.98. The lowest BCUT2D eigenvalue weighted by Gasteiger charge is -2.28. The number of carbonyl (C=O) groups is 1. The maximum Gasteiger partial charge on any atom is 0.416 e. The molecule has 0 saturated carbocycles. The highest BCUT2D eigenvalue weighted by Gasteiger charge is 2.34. The van der Waals surface area contributed by atoms with Crippen LogP contribution in [0.4, 0.5) is 24.5 Å². The summed E-state index contributed by atoms with van der Waals surface area (Å²) in [7, 11) is -4.06. The van der Waals surface area contributed by atoms with E-state index < -0.39 is 33.7 Å². The first-order valence-corrected chi connectivity index (χ1v) is 10.9. The lowest BCUT2D eigenvalue weighted by Crippen LogP contribution is -2.45. The molecule has 0 saturated heterocycles. The molecule has 0 heterocycles. The Bertz CT molecular complexity index is 1010. The molecule has 30 heavy (non-hydrogen) atoms. The van der Waals surface area contributed by atoms with E-state index in [-0.39, 0.29) is 11.8 Å². The number of ether oxygens (including phenoxy) is 1. The number of nitrogens with one attached hydrogen (secondary N) is 1. The van der Waals surface area contributed by atoms with Gasteiger partial charge in [0.25, 0.3) is 0 Å². The van der Waals surface area contributed by atoms with E-state index in [1.165, 1.54) is 13.0 Å². The second kappa shape index (κ2) is 8.95. The lowest BCUT2D eigenvalue weighted by atomic mass is 10.1. The van der Waals surface area contributed by atoms with Gasteiger partial charge in [-0.15, -0.1) is 0 Å². The van der Waals surface area contributed by atoms with E-state index >= 15 is 0 Å². The molecule has 0 spiro atoms. The average Bonchev–Trinajstić information content (AvgIpc) is 2.60. The Hall–Kier alpha value is -2.75. The zero-order chi connectivity index (χ0) is 22.7. The van der Waals surface area contributed by atoms with Gasteiger partial charge in [0, 0.05) is 11.8 Å². The molecule has 0 aromatic heterocycles. The van der Waals surface area contributed by atoms with Gasteiger partial charge in [-0.25, -0.2) is 8.42 Å². The molecule has 10 heteroatoms. The first kappa shape index (κ1) is 23.5. The number of rotatable bonds is 7. The Balaban J connectivity index is 2.32. The number of halogens is 3. The zero-order valence-corrected chi connectivity index (χ0v) is 17.7. The van der Waals surface area contributed by atoms with Crippen LogP contribution in [0.3, 0.4) is 0 Å². The van der Waals surface area contributed by atoms with Crippen LogP contribution in [-0.2, 0) is 21.0 Å². The van der Waals surface area contributed by atoms with E-state index in [1.54, 1.807) is 24.3 Å². The summed E-state index contributed by atoms with van der Waals surface area (Å²) in [5.41, 5.74) is -0.908. The van der Waals surface area contributed by atoms with Crippen LogP contribution >= 0.6 is 0 Å². The summed E-state index contributed by atoms with van der Waals surface area (Å²) < 4.78 is 70.0. The van der Waals surface area contributed by atoms with Crippen molar-refractivity contribution in [2.75, 3.05) is 15.9 Å². The number of amides is 1. The van der Waals surface area contributed by atoms with Crippen LogP contribution in [0.15, 0.2) is 48.5 Å². The van der Waals surface area contributed by atoms with Crippen LogP contribution in [0.5, 0.6) is 5.75 Å². The van der Waals surface area contributed by atoms with E-state index in [0.29, 0.717) is 21.8 Å². The Morgan fingerprint density at radius 2 is 1.70 bits per heavy atom. The van der Waals surface area contributed by atoms with Crippen LogP contribution in [0.25, 0.3) is 0 Å². The van der Waals surface area contributed by atoms with Crippen molar-refractivity contribution >= 4 is 27.3 Å². The minimum absolute atomic E-state index is 0.0866. The summed E-state index contributed by atoms with van der Waals surface area (Å²) in [5.74, 6) is -0.201. The van der Waals surface area contributed by atoms with Crippen molar-refractivity contribution in [3.63, 3.8) is 0 Å². The molecular weight excluding hydrogens is 421 g/mol.